The number of ether oxygens (including phenoxy) is 2. The van der Waals surface area contributed by atoms with E-state index < -0.39 is 0 Å². The molecule has 2 atom stereocenters. The Morgan fingerprint density at radius 2 is 1.83 bits per heavy atom. The lowest BCUT2D eigenvalue weighted by Gasteiger charge is -2.28. The molecule has 1 aromatic carbocycles. The number of carbonyl (C=O) groups excluding carboxylic acids is 2. The van der Waals surface area contributed by atoms with Crippen LogP contribution in [0.4, 0.5) is 0 Å². The van der Waals surface area contributed by atoms with Gasteiger partial charge in [0.15, 0.2) is 5.11 Å². The minimum absolute atomic E-state index is 0.170. The second-order valence-corrected chi connectivity index (χ2v) is 8.73. The molecule has 2 aromatic heterocycles. The van der Waals surface area contributed by atoms with E-state index in [2.05, 4.69) is 27.9 Å². The molecule has 1 aliphatic rings. The van der Waals surface area contributed by atoms with E-state index in [-0.39, 0.29) is 30.4 Å². The van der Waals surface area contributed by atoms with Gasteiger partial charge in [-0.15, -0.1) is 0 Å². The summed E-state index contributed by atoms with van der Waals surface area (Å²) in [6, 6.07) is 14.9. The first-order valence-corrected chi connectivity index (χ1v) is 11.7. The Morgan fingerprint density at radius 1 is 1.09 bits per heavy atom. The predicted octanol–water partition coefficient (Wildman–Crippen LogP) is 3.81. The monoisotopic (exact) mass is 492 g/mol. The third-order valence-corrected chi connectivity index (χ3v) is 6.67. The van der Waals surface area contributed by atoms with Crippen LogP contribution in [0.15, 0.2) is 54.7 Å². The van der Waals surface area contributed by atoms with E-state index in [4.69, 9.17) is 21.7 Å². The summed E-state index contributed by atoms with van der Waals surface area (Å²) in [7, 11) is 2.75. The molecular formula is C26H28N4O4S. The molecule has 182 valence electrons. The minimum atomic E-state index is -0.372. The van der Waals surface area contributed by atoms with Crippen molar-refractivity contribution in [2.24, 2.45) is 0 Å². The Kier molecular flexibility index (Phi) is 7.16. The van der Waals surface area contributed by atoms with E-state index >= 15 is 0 Å². The Balaban J connectivity index is 1.76. The van der Waals surface area contributed by atoms with Gasteiger partial charge in [-0.05, 0) is 74.1 Å². The fraction of sp³-hybridized carbons (Fsp3) is 0.308. The van der Waals surface area contributed by atoms with E-state index in [1.54, 1.807) is 18.3 Å². The van der Waals surface area contributed by atoms with Crippen molar-refractivity contribution in [2.75, 3.05) is 20.8 Å². The second kappa shape index (κ2) is 10.3. The van der Waals surface area contributed by atoms with Gasteiger partial charge in [-0.3, -0.25) is 9.78 Å². The smallest absolute Gasteiger partial charge is 0.337 e. The molecule has 1 aliphatic heterocycles. The zero-order chi connectivity index (χ0) is 25.1. The first-order valence-electron chi connectivity index (χ1n) is 11.3. The summed E-state index contributed by atoms with van der Waals surface area (Å²) in [5.41, 5.74) is 5.44. The zero-order valence-corrected chi connectivity index (χ0v) is 21.0. The number of thiocarbonyl (C=S) groups is 1. The van der Waals surface area contributed by atoms with Crippen molar-refractivity contribution in [1.82, 2.24) is 19.8 Å². The molecule has 0 bridgehead atoms. The number of aromatic nitrogens is 2. The average Bonchev–Trinajstić information content (AvgIpc) is 3.36. The Bertz CT molecular complexity index is 1240. The first-order chi connectivity index (χ1) is 16.8. The van der Waals surface area contributed by atoms with Crippen LogP contribution < -0.4 is 5.32 Å². The quantitative estimate of drug-likeness (QED) is 0.394. The Morgan fingerprint density at radius 3 is 2.46 bits per heavy atom. The number of carbonyl (C=O) groups is 2. The number of esters is 2. The van der Waals surface area contributed by atoms with E-state index in [1.165, 1.54) is 14.2 Å². The van der Waals surface area contributed by atoms with Crippen LogP contribution in [0.1, 0.15) is 51.5 Å². The van der Waals surface area contributed by atoms with Crippen LogP contribution in [0.2, 0.25) is 0 Å². The van der Waals surface area contributed by atoms with Gasteiger partial charge in [-0.1, -0.05) is 6.07 Å². The SMILES string of the molecule is COC(=O)CCN1C(=S)N[C@H](c2ccccn2)[C@@H]1c1cc(C)n(-c2ccc(C(=O)OC)cc2)c1C. The van der Waals surface area contributed by atoms with Crippen molar-refractivity contribution >= 4 is 29.3 Å². The number of aryl methyl sites for hydroxylation is 1. The molecule has 8 nitrogen and oxygen atoms in total. The molecule has 0 aliphatic carbocycles. The van der Waals surface area contributed by atoms with Gasteiger partial charge >= 0.3 is 11.9 Å². The van der Waals surface area contributed by atoms with Crippen molar-refractivity contribution in [3.63, 3.8) is 0 Å². The Hall–Kier alpha value is -3.72. The van der Waals surface area contributed by atoms with Crippen LogP contribution in [-0.4, -0.2) is 52.3 Å². The highest BCUT2D eigenvalue weighted by Crippen LogP contribution is 2.41. The topological polar surface area (TPSA) is 85.7 Å². The maximum atomic E-state index is 11.9. The number of nitrogens with one attached hydrogen (secondary N) is 1. The molecule has 35 heavy (non-hydrogen) atoms. The summed E-state index contributed by atoms with van der Waals surface area (Å²) in [6.07, 6.45) is 1.98. The van der Waals surface area contributed by atoms with E-state index in [1.807, 2.05) is 42.2 Å². The van der Waals surface area contributed by atoms with Crippen LogP contribution in [0.5, 0.6) is 0 Å². The van der Waals surface area contributed by atoms with Gasteiger partial charge in [-0.2, -0.15) is 0 Å². The lowest BCUT2D eigenvalue weighted by molar-refractivity contribution is -0.140. The van der Waals surface area contributed by atoms with Gasteiger partial charge in [0.2, 0.25) is 0 Å². The molecular weight excluding hydrogens is 464 g/mol. The molecule has 0 radical (unpaired) electrons. The summed E-state index contributed by atoms with van der Waals surface area (Å²) < 4.78 is 11.8. The van der Waals surface area contributed by atoms with Gasteiger partial charge < -0.3 is 24.3 Å². The van der Waals surface area contributed by atoms with Gasteiger partial charge in [0.25, 0.3) is 0 Å². The lowest BCUT2D eigenvalue weighted by Crippen LogP contribution is -2.32. The highest BCUT2D eigenvalue weighted by atomic mass is 32.1. The lowest BCUT2D eigenvalue weighted by atomic mass is 9.96. The fourth-order valence-corrected chi connectivity index (χ4v) is 4.98. The summed E-state index contributed by atoms with van der Waals surface area (Å²) in [5, 5.41) is 3.99. The number of methoxy groups -OCH3 is 2. The summed E-state index contributed by atoms with van der Waals surface area (Å²) in [4.78, 5) is 30.4. The summed E-state index contributed by atoms with van der Waals surface area (Å²) >= 11 is 5.69. The van der Waals surface area contributed by atoms with Crippen LogP contribution in [0.3, 0.4) is 0 Å². The molecule has 3 heterocycles. The van der Waals surface area contributed by atoms with Crippen LogP contribution in [0.25, 0.3) is 5.69 Å². The average molecular weight is 493 g/mol. The molecule has 3 aromatic rings. The van der Waals surface area contributed by atoms with Crippen molar-refractivity contribution in [3.8, 4) is 5.69 Å². The number of hydrogen-bond donors (Lipinski definition) is 1. The van der Waals surface area contributed by atoms with Crippen molar-refractivity contribution < 1.29 is 19.1 Å². The zero-order valence-electron chi connectivity index (χ0n) is 20.1. The van der Waals surface area contributed by atoms with Crippen LogP contribution >= 0.6 is 12.2 Å². The van der Waals surface area contributed by atoms with Gasteiger partial charge in [0.1, 0.15) is 0 Å². The van der Waals surface area contributed by atoms with E-state index in [0.29, 0.717) is 17.2 Å². The van der Waals surface area contributed by atoms with Crippen molar-refractivity contribution in [3.05, 3.63) is 82.9 Å². The van der Waals surface area contributed by atoms with Gasteiger partial charge in [-0.25, -0.2) is 4.79 Å². The normalized spacial score (nSPS) is 17.3. The fourth-order valence-electron chi connectivity index (χ4n) is 4.65. The number of rotatable bonds is 7. The molecule has 9 heteroatoms. The van der Waals surface area contributed by atoms with Crippen molar-refractivity contribution in [1.29, 1.82) is 0 Å². The van der Waals surface area contributed by atoms with Crippen molar-refractivity contribution in [2.45, 2.75) is 32.4 Å². The number of benzene rings is 1. The molecule has 0 unspecified atom stereocenters. The number of nitrogens with zero attached hydrogens (tertiary/aromatic N) is 3. The second-order valence-electron chi connectivity index (χ2n) is 8.35. The largest absolute Gasteiger partial charge is 0.469 e. The molecule has 0 spiro atoms. The molecule has 0 saturated carbocycles. The summed E-state index contributed by atoms with van der Waals surface area (Å²) in [6.45, 7) is 4.52. The highest BCUT2D eigenvalue weighted by Gasteiger charge is 2.41. The standard InChI is InChI=1S/C26H28N4O4S/c1-16-15-20(17(2)30(16)19-10-8-18(9-11-19)25(32)34-4)24-23(21-7-5-6-13-27-21)28-26(35)29(24)14-12-22(31)33-3/h5-11,13,15,23-24H,12,14H2,1-4H3,(H,28,35)/t23-,24+/m1/s1. The molecule has 1 fully saturated rings. The minimum Gasteiger partial charge on any atom is -0.469 e. The van der Waals surface area contributed by atoms with E-state index in [0.717, 1.165) is 28.3 Å². The maximum Gasteiger partial charge on any atom is 0.337 e. The highest BCUT2D eigenvalue weighted by molar-refractivity contribution is 7.80. The molecule has 4 rings (SSSR count). The maximum absolute atomic E-state index is 11.9. The van der Waals surface area contributed by atoms with E-state index in [9.17, 15) is 9.59 Å². The third-order valence-electron chi connectivity index (χ3n) is 6.32. The van der Waals surface area contributed by atoms with Crippen LogP contribution in [-0.2, 0) is 14.3 Å². The molecule has 1 N–H and O–H groups in total. The van der Waals surface area contributed by atoms with Gasteiger partial charge in [0, 0.05) is 29.8 Å². The van der Waals surface area contributed by atoms with Crippen LogP contribution in [0, 0.1) is 13.8 Å². The Labute approximate surface area is 209 Å². The molecule has 1 saturated heterocycles. The molecule has 0 amide bonds. The summed E-state index contributed by atoms with van der Waals surface area (Å²) in [5.74, 6) is -0.660. The number of hydrogen-bond acceptors (Lipinski definition) is 6. The van der Waals surface area contributed by atoms with Gasteiger partial charge in [0.05, 0.1) is 44.0 Å². The first kappa shape index (κ1) is 24.4. The number of pyridine rings is 1. The predicted molar refractivity (Wildman–Crippen MR) is 135 cm³/mol. The third kappa shape index (κ3) is 4.77.